The van der Waals surface area contributed by atoms with Crippen LogP contribution in [0.3, 0.4) is 0 Å². The van der Waals surface area contributed by atoms with Gasteiger partial charge in [0, 0.05) is 4.92 Å². The van der Waals surface area contributed by atoms with E-state index >= 15 is 0 Å². The Morgan fingerprint density at radius 1 is 2.00 bits per heavy atom. The van der Waals surface area contributed by atoms with Crippen LogP contribution in [0.25, 0.3) is 0 Å². The molecule has 8 heavy (non-hydrogen) atoms. The Kier molecular flexibility index (Phi) is 3.55. The molecule has 2 N–H and O–H groups in total. The van der Waals surface area contributed by atoms with Crippen LogP contribution in [0.4, 0.5) is 0 Å². The van der Waals surface area contributed by atoms with E-state index in [1.54, 1.807) is 6.26 Å². The van der Waals surface area contributed by atoms with Gasteiger partial charge in [-0.15, -0.1) is 0 Å². The molecule has 0 rings (SSSR count). The predicted molar refractivity (Wildman–Crippen MR) is 33.4 cm³/mol. The van der Waals surface area contributed by atoms with E-state index in [1.807, 2.05) is 0 Å². The Balaban J connectivity index is 3.32. The number of hydrogen-bond acceptors (Lipinski definition) is 4. The third-order valence-electron chi connectivity index (χ3n) is 0.608. The highest BCUT2D eigenvalue weighted by Crippen LogP contribution is 1.93. The summed E-state index contributed by atoms with van der Waals surface area (Å²) in [5.41, 5.74) is 5.01. The van der Waals surface area contributed by atoms with Crippen LogP contribution in [0.5, 0.6) is 0 Å². The molecule has 0 saturated carbocycles. The molecular weight excluding hydrogens is 128 g/mol. The lowest BCUT2D eigenvalue weighted by Crippen LogP contribution is -2.31. The first-order valence-electron chi connectivity index (χ1n) is 2.06. The highest BCUT2D eigenvalue weighted by atomic mass is 32.2. The lowest BCUT2D eigenvalue weighted by Gasteiger charge is -1.97. The van der Waals surface area contributed by atoms with Crippen LogP contribution in [0, 0.1) is 10.1 Å². The van der Waals surface area contributed by atoms with Gasteiger partial charge in [-0.05, 0) is 6.26 Å². The quantitative estimate of drug-likeness (QED) is 0.334. The minimum absolute atomic E-state index is 0.382. The Labute approximate surface area is 51.6 Å². The van der Waals surface area contributed by atoms with Gasteiger partial charge in [-0.3, -0.25) is 15.8 Å². The molecule has 0 aromatic carbocycles. The maximum atomic E-state index is 9.76. The van der Waals surface area contributed by atoms with Gasteiger partial charge in [0.15, 0.2) is 0 Å². The van der Waals surface area contributed by atoms with Crippen molar-refractivity contribution in [1.82, 2.24) is 0 Å². The fourth-order valence-corrected chi connectivity index (χ4v) is 0.695. The molecule has 4 nitrogen and oxygen atoms in total. The zero-order chi connectivity index (χ0) is 6.57. The Bertz CT molecular complexity index is 87.4. The van der Waals surface area contributed by atoms with Crippen LogP contribution < -0.4 is 5.73 Å². The van der Waals surface area contributed by atoms with Crippen molar-refractivity contribution in [2.45, 2.75) is 6.17 Å². The first kappa shape index (κ1) is 7.71. The molecule has 0 radical (unpaired) electrons. The third kappa shape index (κ3) is 2.81. The molecule has 0 aromatic rings. The molecule has 5 heteroatoms. The highest BCUT2D eigenvalue weighted by molar-refractivity contribution is 7.98. The number of nitro groups is 1. The second kappa shape index (κ2) is 3.68. The molecule has 0 fully saturated rings. The SMILES string of the molecule is CSCC(N)[N+](=O)[O-]. The molecule has 0 saturated heterocycles. The van der Waals surface area contributed by atoms with E-state index in [0.717, 1.165) is 0 Å². The summed E-state index contributed by atoms with van der Waals surface area (Å²) in [5.74, 6) is 0.382. The molecule has 0 bridgehead atoms. The molecule has 0 spiro atoms. The number of thioether (sulfide) groups is 1. The average molecular weight is 136 g/mol. The molecule has 48 valence electrons. The number of hydrogen-bond donors (Lipinski definition) is 1. The summed E-state index contributed by atoms with van der Waals surface area (Å²) < 4.78 is 0. The zero-order valence-electron chi connectivity index (χ0n) is 4.53. The van der Waals surface area contributed by atoms with Gasteiger partial charge < -0.3 is 0 Å². The first-order chi connectivity index (χ1) is 3.68. The van der Waals surface area contributed by atoms with Gasteiger partial charge in [-0.1, -0.05) is 0 Å². The second-order valence-corrected chi connectivity index (χ2v) is 2.22. The standard InChI is InChI=1S/C3H8N2O2S/c1-8-2-3(4)5(6)7/h3H,2,4H2,1H3. The molecule has 1 unspecified atom stereocenters. The van der Waals surface area contributed by atoms with E-state index in [4.69, 9.17) is 5.73 Å². The molecule has 0 amide bonds. The minimum Gasteiger partial charge on any atom is -0.268 e. The average Bonchev–Trinajstić information content (AvgIpc) is 1.67. The van der Waals surface area contributed by atoms with Crippen LogP contribution >= 0.6 is 11.8 Å². The van der Waals surface area contributed by atoms with Gasteiger partial charge in [0.25, 0.3) is 6.17 Å². The van der Waals surface area contributed by atoms with Crippen molar-refractivity contribution < 1.29 is 4.92 Å². The maximum Gasteiger partial charge on any atom is 0.272 e. The van der Waals surface area contributed by atoms with Crippen molar-refractivity contribution in [3.8, 4) is 0 Å². The first-order valence-corrected chi connectivity index (χ1v) is 3.46. The summed E-state index contributed by atoms with van der Waals surface area (Å²) in [6, 6.07) is 0. The Morgan fingerprint density at radius 3 is 2.62 bits per heavy atom. The van der Waals surface area contributed by atoms with E-state index in [-0.39, 0.29) is 0 Å². The van der Waals surface area contributed by atoms with Crippen molar-refractivity contribution in [3.63, 3.8) is 0 Å². The van der Waals surface area contributed by atoms with E-state index in [2.05, 4.69) is 0 Å². The lowest BCUT2D eigenvalue weighted by atomic mass is 10.6. The van der Waals surface area contributed by atoms with Gasteiger partial charge in [0.05, 0.1) is 5.75 Å². The van der Waals surface area contributed by atoms with Crippen LogP contribution in [-0.2, 0) is 0 Å². The molecule has 0 heterocycles. The fourth-order valence-electron chi connectivity index (χ4n) is 0.232. The van der Waals surface area contributed by atoms with E-state index in [9.17, 15) is 10.1 Å². The maximum absolute atomic E-state index is 9.76. The van der Waals surface area contributed by atoms with Gasteiger partial charge in [0.2, 0.25) is 0 Å². The smallest absolute Gasteiger partial charge is 0.268 e. The van der Waals surface area contributed by atoms with Crippen molar-refractivity contribution in [3.05, 3.63) is 10.1 Å². The molecule has 0 aliphatic rings. The zero-order valence-corrected chi connectivity index (χ0v) is 5.35. The topological polar surface area (TPSA) is 69.2 Å². The summed E-state index contributed by atoms with van der Waals surface area (Å²) in [6.45, 7) is 0. The molecule has 1 atom stereocenters. The molecule has 0 aliphatic heterocycles. The highest BCUT2D eigenvalue weighted by Gasteiger charge is 2.09. The van der Waals surface area contributed by atoms with E-state index in [0.29, 0.717) is 5.75 Å². The second-order valence-electron chi connectivity index (χ2n) is 1.31. The normalized spacial score (nSPS) is 13.2. The summed E-state index contributed by atoms with van der Waals surface area (Å²) in [7, 11) is 0. The number of nitrogens with zero attached hydrogens (tertiary/aromatic N) is 1. The van der Waals surface area contributed by atoms with Gasteiger partial charge in [-0.2, -0.15) is 11.8 Å². The largest absolute Gasteiger partial charge is 0.272 e. The van der Waals surface area contributed by atoms with Crippen LogP contribution in [0.2, 0.25) is 0 Å². The fraction of sp³-hybridized carbons (Fsp3) is 1.00. The lowest BCUT2D eigenvalue weighted by molar-refractivity contribution is -0.515. The predicted octanol–water partition coefficient (Wildman–Crippen LogP) is -0.0891. The summed E-state index contributed by atoms with van der Waals surface area (Å²) in [4.78, 5) is 9.27. The Hall–Kier alpha value is -0.290. The number of rotatable bonds is 3. The summed E-state index contributed by atoms with van der Waals surface area (Å²) in [5, 5.41) is 9.76. The van der Waals surface area contributed by atoms with Crippen molar-refractivity contribution in [1.29, 1.82) is 0 Å². The summed E-state index contributed by atoms with van der Waals surface area (Å²) >= 11 is 1.37. The van der Waals surface area contributed by atoms with Crippen molar-refractivity contribution in [2.75, 3.05) is 12.0 Å². The minimum atomic E-state index is -0.898. The van der Waals surface area contributed by atoms with Gasteiger partial charge in [-0.25, -0.2) is 0 Å². The monoisotopic (exact) mass is 136 g/mol. The van der Waals surface area contributed by atoms with Crippen molar-refractivity contribution >= 4 is 11.8 Å². The van der Waals surface area contributed by atoms with Gasteiger partial charge in [0.1, 0.15) is 0 Å². The number of nitrogens with two attached hydrogens (primary N) is 1. The Morgan fingerprint density at radius 2 is 2.50 bits per heavy atom. The molecule has 0 aromatic heterocycles. The van der Waals surface area contributed by atoms with Gasteiger partial charge >= 0.3 is 0 Å². The molecule has 0 aliphatic carbocycles. The van der Waals surface area contributed by atoms with E-state index < -0.39 is 11.1 Å². The molecular formula is C3H8N2O2S. The van der Waals surface area contributed by atoms with Crippen LogP contribution in [-0.4, -0.2) is 23.1 Å². The third-order valence-corrected chi connectivity index (χ3v) is 1.28. The van der Waals surface area contributed by atoms with Crippen molar-refractivity contribution in [2.24, 2.45) is 5.73 Å². The van der Waals surface area contributed by atoms with E-state index in [1.165, 1.54) is 11.8 Å². The summed E-state index contributed by atoms with van der Waals surface area (Å²) in [6.07, 6.45) is 0.883. The van der Waals surface area contributed by atoms with Crippen LogP contribution in [0.1, 0.15) is 0 Å². The van der Waals surface area contributed by atoms with Crippen LogP contribution in [0.15, 0.2) is 0 Å².